The van der Waals surface area contributed by atoms with E-state index in [9.17, 15) is 9.59 Å². The first kappa shape index (κ1) is 17.8. The summed E-state index contributed by atoms with van der Waals surface area (Å²) in [7, 11) is 0. The van der Waals surface area contributed by atoms with Gasteiger partial charge in [0.05, 0.1) is 0 Å². The van der Waals surface area contributed by atoms with Gasteiger partial charge >= 0.3 is 0 Å². The molecule has 5 nitrogen and oxygen atoms in total. The molecule has 2 amide bonds. The smallest absolute Gasteiger partial charge is 0.270 e. The Hall–Kier alpha value is -2.56. The number of amides is 2. The summed E-state index contributed by atoms with van der Waals surface area (Å²) in [4.78, 5) is 30.2. The maximum atomic E-state index is 13.4. The Bertz CT molecular complexity index is 882. The summed E-state index contributed by atoms with van der Waals surface area (Å²) in [6.07, 6.45) is 7.28. The van der Waals surface area contributed by atoms with Crippen LogP contribution in [0.15, 0.2) is 36.4 Å². The first-order chi connectivity index (χ1) is 13.0. The molecule has 1 aliphatic heterocycles. The minimum atomic E-state index is -0.0497. The lowest BCUT2D eigenvalue weighted by molar-refractivity contribution is -0.119. The summed E-state index contributed by atoms with van der Waals surface area (Å²) in [5, 5.41) is 4.00. The summed E-state index contributed by atoms with van der Waals surface area (Å²) in [5.74, 6) is 1.21. The van der Waals surface area contributed by atoms with Gasteiger partial charge in [0.25, 0.3) is 5.91 Å². The van der Waals surface area contributed by atoms with E-state index in [0.29, 0.717) is 24.0 Å². The number of nitrogens with zero attached hydrogens (tertiary/aromatic N) is 1. The lowest BCUT2D eigenvalue weighted by Crippen LogP contribution is -2.34. The predicted octanol–water partition coefficient (Wildman–Crippen LogP) is 3.27. The standard InChI is InChI=1S/C22H27N3O2/c1-14(23-15(2)26)11-19-18-9-5-6-10-20(18)24-21(19)22(27)25-12-16-7-3-4-8-17(16)13-25/h3-6,9-10,14,16-17,24H,7-8,11-13H2,1-2H3,(H,23,26)/t14-,16-,17+/m1/s1. The van der Waals surface area contributed by atoms with Crippen LogP contribution in [-0.4, -0.2) is 40.8 Å². The fourth-order valence-electron chi connectivity index (χ4n) is 4.64. The number of benzene rings is 1. The lowest BCUT2D eigenvalue weighted by atomic mass is 9.86. The van der Waals surface area contributed by atoms with Crippen molar-refractivity contribution in [3.8, 4) is 0 Å². The van der Waals surface area contributed by atoms with E-state index in [1.165, 1.54) is 6.92 Å². The molecule has 2 N–H and O–H groups in total. The van der Waals surface area contributed by atoms with Gasteiger partial charge in [0, 0.05) is 37.0 Å². The highest BCUT2D eigenvalue weighted by Gasteiger charge is 2.36. The number of H-pyrrole nitrogens is 1. The van der Waals surface area contributed by atoms with Gasteiger partial charge < -0.3 is 15.2 Å². The molecule has 2 aliphatic rings. The fraction of sp³-hybridized carbons (Fsp3) is 0.455. The highest BCUT2D eigenvalue weighted by atomic mass is 16.2. The van der Waals surface area contributed by atoms with Crippen molar-refractivity contribution < 1.29 is 9.59 Å². The van der Waals surface area contributed by atoms with Gasteiger partial charge in [-0.2, -0.15) is 0 Å². The molecule has 5 heteroatoms. The van der Waals surface area contributed by atoms with E-state index in [2.05, 4.69) is 22.5 Å². The highest BCUT2D eigenvalue weighted by Crippen LogP contribution is 2.34. The summed E-state index contributed by atoms with van der Waals surface area (Å²) in [5.41, 5.74) is 2.66. The van der Waals surface area contributed by atoms with E-state index in [1.807, 2.05) is 36.1 Å². The number of likely N-dealkylation sites (tertiary alicyclic amines) is 1. The molecular weight excluding hydrogens is 338 g/mol. The number of fused-ring (bicyclic) bond motifs is 2. The summed E-state index contributed by atoms with van der Waals surface area (Å²) in [6.45, 7) is 5.18. The second-order valence-corrected chi connectivity index (χ2v) is 8.00. The van der Waals surface area contributed by atoms with Crippen LogP contribution in [0, 0.1) is 11.8 Å². The molecule has 0 radical (unpaired) electrons. The van der Waals surface area contributed by atoms with Gasteiger partial charge in [0.1, 0.15) is 5.69 Å². The van der Waals surface area contributed by atoms with E-state index in [-0.39, 0.29) is 17.9 Å². The first-order valence-corrected chi connectivity index (χ1v) is 9.84. The molecule has 0 unspecified atom stereocenters. The largest absolute Gasteiger partial charge is 0.354 e. The number of hydrogen-bond donors (Lipinski definition) is 2. The van der Waals surface area contributed by atoms with Crippen LogP contribution in [0.1, 0.15) is 42.7 Å². The minimum Gasteiger partial charge on any atom is -0.354 e. The van der Waals surface area contributed by atoms with Gasteiger partial charge in [-0.05, 0) is 49.7 Å². The van der Waals surface area contributed by atoms with Crippen molar-refractivity contribution in [2.24, 2.45) is 11.8 Å². The van der Waals surface area contributed by atoms with Crippen LogP contribution in [0.3, 0.4) is 0 Å². The molecule has 3 atom stereocenters. The maximum Gasteiger partial charge on any atom is 0.270 e. The fourth-order valence-corrected chi connectivity index (χ4v) is 4.64. The van der Waals surface area contributed by atoms with Gasteiger partial charge in [-0.15, -0.1) is 0 Å². The minimum absolute atomic E-state index is 0.0291. The molecule has 1 saturated heterocycles. The van der Waals surface area contributed by atoms with Crippen LogP contribution in [0.2, 0.25) is 0 Å². The molecule has 27 heavy (non-hydrogen) atoms. The van der Waals surface area contributed by atoms with Crippen LogP contribution in [0.4, 0.5) is 0 Å². The summed E-state index contributed by atoms with van der Waals surface area (Å²) < 4.78 is 0. The Morgan fingerprint density at radius 2 is 1.85 bits per heavy atom. The third kappa shape index (κ3) is 3.51. The van der Waals surface area contributed by atoms with E-state index in [1.54, 1.807) is 0 Å². The van der Waals surface area contributed by atoms with Crippen LogP contribution in [0.5, 0.6) is 0 Å². The van der Waals surface area contributed by atoms with Gasteiger partial charge in [-0.3, -0.25) is 9.59 Å². The predicted molar refractivity (Wildman–Crippen MR) is 107 cm³/mol. The summed E-state index contributed by atoms with van der Waals surface area (Å²) >= 11 is 0. The molecular formula is C22H27N3O2. The zero-order chi connectivity index (χ0) is 19.0. The molecule has 0 saturated carbocycles. The SMILES string of the molecule is CC(=O)N[C@H](C)Cc1c(C(=O)N2C[C@H]3CC=CC[C@H]3C2)[nH]c2ccccc12. The molecule has 4 rings (SSSR count). The van der Waals surface area contributed by atoms with Crippen molar-refractivity contribution in [3.63, 3.8) is 0 Å². The zero-order valence-corrected chi connectivity index (χ0v) is 16.0. The monoisotopic (exact) mass is 365 g/mol. The number of para-hydroxylation sites is 1. The molecule has 1 fully saturated rings. The quantitative estimate of drug-likeness (QED) is 0.817. The molecule has 2 aromatic rings. The Morgan fingerprint density at radius 1 is 1.19 bits per heavy atom. The van der Waals surface area contributed by atoms with Crippen molar-refractivity contribution in [3.05, 3.63) is 47.7 Å². The maximum absolute atomic E-state index is 13.4. The third-order valence-corrected chi connectivity index (χ3v) is 5.90. The number of hydrogen-bond acceptors (Lipinski definition) is 2. The average Bonchev–Trinajstić information content (AvgIpc) is 3.22. The van der Waals surface area contributed by atoms with E-state index < -0.39 is 0 Å². The molecule has 142 valence electrons. The van der Waals surface area contributed by atoms with Crippen molar-refractivity contribution in [1.29, 1.82) is 0 Å². The Morgan fingerprint density at radius 3 is 2.52 bits per heavy atom. The number of nitrogens with one attached hydrogen (secondary N) is 2. The molecule has 1 aromatic heterocycles. The van der Waals surface area contributed by atoms with Crippen LogP contribution >= 0.6 is 0 Å². The van der Waals surface area contributed by atoms with Crippen molar-refractivity contribution in [2.45, 2.75) is 39.2 Å². The second-order valence-electron chi connectivity index (χ2n) is 8.00. The Labute approximate surface area is 159 Å². The Kier molecular flexibility index (Phi) is 4.77. The van der Waals surface area contributed by atoms with Gasteiger partial charge in [-0.25, -0.2) is 0 Å². The lowest BCUT2D eigenvalue weighted by Gasteiger charge is -2.18. The van der Waals surface area contributed by atoms with Crippen molar-refractivity contribution in [1.82, 2.24) is 15.2 Å². The molecule has 1 aromatic carbocycles. The number of carbonyl (C=O) groups is 2. The van der Waals surface area contributed by atoms with Crippen LogP contribution < -0.4 is 5.32 Å². The normalized spacial score (nSPS) is 22.7. The van der Waals surface area contributed by atoms with Gasteiger partial charge in [0.15, 0.2) is 0 Å². The first-order valence-electron chi connectivity index (χ1n) is 9.84. The van der Waals surface area contributed by atoms with Crippen molar-refractivity contribution >= 4 is 22.7 Å². The third-order valence-electron chi connectivity index (χ3n) is 5.90. The Balaban J connectivity index is 1.63. The number of aromatic nitrogens is 1. The van der Waals surface area contributed by atoms with E-state index >= 15 is 0 Å². The number of carbonyl (C=O) groups excluding carboxylic acids is 2. The van der Waals surface area contributed by atoms with Gasteiger partial charge in [-0.1, -0.05) is 30.4 Å². The summed E-state index contributed by atoms with van der Waals surface area (Å²) in [6, 6.07) is 7.99. The topological polar surface area (TPSA) is 65.2 Å². The number of rotatable bonds is 4. The zero-order valence-electron chi connectivity index (χ0n) is 16.0. The number of aromatic amines is 1. The van der Waals surface area contributed by atoms with E-state index in [0.717, 1.165) is 42.4 Å². The second kappa shape index (κ2) is 7.22. The van der Waals surface area contributed by atoms with E-state index in [4.69, 9.17) is 0 Å². The molecule has 0 spiro atoms. The molecule has 0 bridgehead atoms. The van der Waals surface area contributed by atoms with Gasteiger partial charge in [0.2, 0.25) is 5.91 Å². The highest BCUT2D eigenvalue weighted by molar-refractivity contribution is 6.01. The molecule has 1 aliphatic carbocycles. The molecule has 2 heterocycles. The van der Waals surface area contributed by atoms with Crippen molar-refractivity contribution in [2.75, 3.05) is 13.1 Å². The van der Waals surface area contributed by atoms with Crippen LogP contribution in [-0.2, 0) is 11.2 Å². The average molecular weight is 365 g/mol. The number of allylic oxidation sites excluding steroid dienone is 2. The van der Waals surface area contributed by atoms with Crippen LogP contribution in [0.25, 0.3) is 10.9 Å².